The molecule has 3 N–H and O–H groups in total. The topological polar surface area (TPSA) is 203 Å². The molecule has 6 rings (SSSR count). The number of carbonyl (C=O) groups excluding carboxylic acids is 5. The molecule has 21 heteroatoms. The minimum atomic E-state index is -1.44. The molecule has 0 aliphatic carbocycles. The number of aromatic nitrogens is 4. The lowest BCUT2D eigenvalue weighted by molar-refractivity contribution is -0.730. The van der Waals surface area contributed by atoms with Crippen molar-refractivity contribution in [1.82, 2.24) is 39.9 Å². The van der Waals surface area contributed by atoms with Crippen LogP contribution in [0.3, 0.4) is 0 Å². The van der Waals surface area contributed by atoms with Crippen molar-refractivity contribution < 1.29 is 52.2 Å². The fourth-order valence-corrected chi connectivity index (χ4v) is 10.9. The van der Waals surface area contributed by atoms with Crippen molar-refractivity contribution in [3.8, 4) is 34.4 Å². The van der Waals surface area contributed by atoms with Gasteiger partial charge in [0.2, 0.25) is 11.8 Å². The van der Waals surface area contributed by atoms with E-state index in [9.17, 15) is 24.0 Å². The number of aromatic amines is 1. The van der Waals surface area contributed by atoms with Crippen LogP contribution in [0.1, 0.15) is 96.2 Å². The van der Waals surface area contributed by atoms with E-state index >= 15 is 0 Å². The van der Waals surface area contributed by atoms with Gasteiger partial charge in [0, 0.05) is 52.6 Å². The number of likely N-dealkylation sites (tertiary alicyclic amines) is 1. The number of benzene rings is 2. The number of amides is 5. The second-order valence-electron chi connectivity index (χ2n) is 24.6. The van der Waals surface area contributed by atoms with E-state index in [1.807, 2.05) is 91.9 Å². The lowest BCUT2D eigenvalue weighted by Crippen LogP contribution is -2.52. The molecule has 79 heavy (non-hydrogen) atoms. The third kappa shape index (κ3) is 16.8. The highest BCUT2D eigenvalue weighted by Crippen LogP contribution is 2.35. The maximum Gasteiger partial charge on any atom is 0.411 e. The number of hydrogen-bond acceptors (Lipinski definition) is 11. The number of H-pyrrole nitrogens is 1. The molecule has 0 radical (unpaired) electrons. The zero-order valence-electron chi connectivity index (χ0n) is 49.3. The van der Waals surface area contributed by atoms with E-state index in [2.05, 4.69) is 71.3 Å². The maximum absolute atomic E-state index is 14.5. The molecule has 0 spiro atoms. The normalized spacial score (nSPS) is 16.6. The van der Waals surface area contributed by atoms with Gasteiger partial charge < -0.3 is 48.7 Å². The van der Waals surface area contributed by atoms with Crippen LogP contribution in [0.25, 0.3) is 22.5 Å². The number of nitrogens with zero attached hydrogens (tertiary/aromatic N) is 6. The number of imidazole rings is 2. The first-order valence-corrected chi connectivity index (χ1v) is 34.9. The van der Waals surface area contributed by atoms with Crippen LogP contribution in [0.15, 0.2) is 60.9 Å². The van der Waals surface area contributed by atoms with Gasteiger partial charge in [0.05, 0.1) is 39.3 Å². The summed E-state index contributed by atoms with van der Waals surface area (Å²) in [5.41, 5.74) is 4.31. The summed E-state index contributed by atoms with van der Waals surface area (Å²) in [6, 6.07) is 15.3. The summed E-state index contributed by atoms with van der Waals surface area (Å²) in [6.07, 6.45) is 3.36. The van der Waals surface area contributed by atoms with Gasteiger partial charge >= 0.3 is 18.3 Å². The van der Waals surface area contributed by atoms with Crippen molar-refractivity contribution in [2.45, 2.75) is 156 Å². The molecule has 4 atom stereocenters. The van der Waals surface area contributed by atoms with Crippen LogP contribution in [0, 0.1) is 23.7 Å². The summed E-state index contributed by atoms with van der Waals surface area (Å²) in [6.45, 7) is 28.9. The Hall–Kier alpha value is -6.48. The van der Waals surface area contributed by atoms with Gasteiger partial charge in [-0.1, -0.05) is 91.0 Å². The van der Waals surface area contributed by atoms with Crippen molar-refractivity contribution in [3.05, 3.63) is 83.7 Å². The molecule has 2 aromatic heterocycles. The average molecular weight is 1130 g/mol. The lowest BCUT2D eigenvalue weighted by Gasteiger charge is -2.30. The van der Waals surface area contributed by atoms with E-state index in [4.69, 9.17) is 28.7 Å². The van der Waals surface area contributed by atoms with Crippen LogP contribution in [0.5, 0.6) is 0 Å². The third-order valence-electron chi connectivity index (χ3n) is 13.9. The Bertz CT molecular complexity index is 2800. The average Bonchev–Trinajstić information content (AvgIpc) is 4.44. The van der Waals surface area contributed by atoms with Crippen LogP contribution in [0.4, 0.5) is 14.4 Å². The van der Waals surface area contributed by atoms with Crippen LogP contribution in [0.2, 0.25) is 51.4 Å². The smallest absolute Gasteiger partial charge is 0.411 e. The Balaban J connectivity index is 1.27. The quantitative estimate of drug-likeness (QED) is 0.0250. The molecule has 0 unspecified atom stereocenters. The van der Waals surface area contributed by atoms with Gasteiger partial charge in [-0.3, -0.25) is 14.5 Å². The summed E-state index contributed by atoms with van der Waals surface area (Å²) in [4.78, 5) is 80.3. The first-order valence-electron chi connectivity index (χ1n) is 27.5. The van der Waals surface area contributed by atoms with E-state index in [0.29, 0.717) is 32.3 Å². The number of methoxy groups -OCH3 is 2. The van der Waals surface area contributed by atoms with Gasteiger partial charge in [-0.2, -0.15) is 0 Å². The zero-order valence-corrected chi connectivity index (χ0v) is 51.3. The zero-order chi connectivity index (χ0) is 58.0. The van der Waals surface area contributed by atoms with E-state index in [1.54, 1.807) is 31.9 Å². The van der Waals surface area contributed by atoms with Crippen molar-refractivity contribution in [2.24, 2.45) is 11.8 Å². The van der Waals surface area contributed by atoms with E-state index in [-0.39, 0.29) is 43.7 Å². The minimum absolute atomic E-state index is 0.0816. The molecular weight excluding hydrogens is 1040 g/mol. The van der Waals surface area contributed by atoms with Crippen LogP contribution >= 0.6 is 0 Å². The van der Waals surface area contributed by atoms with Gasteiger partial charge in [0.1, 0.15) is 48.5 Å². The highest BCUT2D eigenvalue weighted by molar-refractivity contribution is 6.76. The highest BCUT2D eigenvalue weighted by atomic mass is 28.3. The van der Waals surface area contributed by atoms with E-state index in [0.717, 1.165) is 64.4 Å². The number of ether oxygens (including phenoxy) is 5. The first-order chi connectivity index (χ1) is 37.2. The third-order valence-corrected chi connectivity index (χ3v) is 17.3. The van der Waals surface area contributed by atoms with Gasteiger partial charge in [0.25, 0.3) is 5.82 Å². The SMILES string of the molecule is COC(=O)N[C@H](C(=O)N1CN(C(=O)OC(C)(C)C)C[C@H]1c1ncc(-c2ccc(C#Cc3ccc(-c4c[nH]c([C@@H]5CCCN5C(=O)[C@@H](NC(=O)OC)C(C)C)[n+]4COCC[Si](C)(C)C)cc3)cc2)n1COCC[Si](C)(C)C)C(C)C. The number of nitrogens with one attached hydrogen (secondary N) is 3. The Morgan fingerprint density at radius 3 is 1.81 bits per heavy atom. The molecule has 430 valence electrons. The molecule has 2 fully saturated rings. The Kier molecular flexibility index (Phi) is 20.8. The molecule has 2 saturated heterocycles. The van der Waals surface area contributed by atoms with Crippen molar-refractivity contribution >= 4 is 46.2 Å². The van der Waals surface area contributed by atoms with Gasteiger partial charge in [-0.15, -0.1) is 0 Å². The summed E-state index contributed by atoms with van der Waals surface area (Å²) < 4.78 is 32.3. The van der Waals surface area contributed by atoms with E-state index in [1.165, 1.54) is 19.1 Å². The molecule has 2 aromatic carbocycles. The molecule has 19 nitrogen and oxygen atoms in total. The molecule has 4 aromatic rings. The molecule has 2 aliphatic rings. The fraction of sp³-hybridized carbons (Fsp3) is 0.569. The molecule has 0 saturated carbocycles. The summed E-state index contributed by atoms with van der Waals surface area (Å²) >= 11 is 0. The molecule has 4 heterocycles. The standard InChI is InChI=1S/C58H85N9O10Si2/c1-39(2)49(61-55(70)73-8)53(68)64-28-16-17-45(64)51-59-33-46(66(51)37-75-29-31-78(10,11)12)43-24-20-41(21-25-43)18-19-42-22-26-44(27-23-42)47-34-60-52(67(47)38-76-30-32-79(13,14)15)48-35-63(57(72)77-58(5,6)7)36-65(48)54(69)50(40(3)4)62-56(71)74-9/h20-27,33-34,39-40,45,48-50H,16-17,28-32,35-38H2,1-15H3,(H2,61,62,70,71)/p+1/t45-,48-,49-,50-/m0/s1. The van der Waals surface area contributed by atoms with E-state index < -0.39 is 64.1 Å². The molecule has 5 amide bonds. The number of carbonyl (C=O) groups is 5. The maximum atomic E-state index is 14.5. The van der Waals surface area contributed by atoms with Crippen molar-refractivity contribution in [1.29, 1.82) is 0 Å². The number of alkyl carbamates (subject to hydrolysis) is 2. The molecule has 0 bridgehead atoms. The first kappa shape index (κ1) is 61.7. The lowest BCUT2D eigenvalue weighted by atomic mass is 10.0. The fourth-order valence-electron chi connectivity index (χ4n) is 9.39. The van der Waals surface area contributed by atoms with Crippen molar-refractivity contribution in [2.75, 3.05) is 47.2 Å². The number of rotatable bonds is 20. The summed E-state index contributed by atoms with van der Waals surface area (Å²) in [5.74, 6) is 7.05. The Morgan fingerprint density at radius 2 is 1.29 bits per heavy atom. The molecular formula is C58H86N9O10Si2+. The predicted octanol–water partition coefficient (Wildman–Crippen LogP) is 9.36. The Labute approximate surface area is 469 Å². The van der Waals surface area contributed by atoms with Gasteiger partial charge in [-0.25, -0.2) is 28.9 Å². The van der Waals surface area contributed by atoms with Crippen LogP contribution in [-0.2, 0) is 46.7 Å². The van der Waals surface area contributed by atoms with Gasteiger partial charge in [0.15, 0.2) is 12.4 Å². The van der Waals surface area contributed by atoms with Crippen LogP contribution in [-0.4, -0.2) is 140 Å². The highest BCUT2D eigenvalue weighted by Gasteiger charge is 2.45. The van der Waals surface area contributed by atoms with Crippen molar-refractivity contribution in [3.63, 3.8) is 0 Å². The monoisotopic (exact) mass is 1120 g/mol. The number of hydrogen-bond donors (Lipinski definition) is 3. The summed E-state index contributed by atoms with van der Waals surface area (Å²) in [7, 11) is -0.256. The van der Waals surface area contributed by atoms with Crippen LogP contribution < -0.4 is 15.2 Å². The molecule has 2 aliphatic heterocycles. The largest absolute Gasteiger partial charge is 0.453 e. The summed E-state index contributed by atoms with van der Waals surface area (Å²) in [5, 5.41) is 5.45. The second kappa shape index (κ2) is 26.7. The van der Waals surface area contributed by atoms with Gasteiger partial charge in [-0.05, 0) is 99.5 Å². The Morgan fingerprint density at radius 1 is 0.759 bits per heavy atom. The predicted molar refractivity (Wildman–Crippen MR) is 308 cm³/mol. The minimum Gasteiger partial charge on any atom is -0.453 e. The second-order valence-corrected chi connectivity index (χ2v) is 35.8.